The zero-order chi connectivity index (χ0) is 39.4. The zero-order valence-corrected chi connectivity index (χ0v) is 32.4. The van der Waals surface area contributed by atoms with Gasteiger partial charge in [-0.2, -0.15) is 0 Å². The van der Waals surface area contributed by atoms with Gasteiger partial charge in [0.05, 0.1) is 17.1 Å². The van der Waals surface area contributed by atoms with Gasteiger partial charge in [-0.1, -0.05) is 151 Å². The molecule has 4 nitrogen and oxygen atoms in total. The summed E-state index contributed by atoms with van der Waals surface area (Å²) < 4.78 is 6.80. The fraction of sp³-hybridized carbons (Fsp3) is 0. The summed E-state index contributed by atoms with van der Waals surface area (Å²) in [6.07, 6.45) is 0. The van der Waals surface area contributed by atoms with E-state index in [1.54, 1.807) is 0 Å². The number of benzene rings is 9. The normalized spacial score (nSPS) is 11.5. The summed E-state index contributed by atoms with van der Waals surface area (Å²) in [4.78, 5) is 7.01. The Morgan fingerprint density at radius 3 is 1.02 bits per heavy atom. The van der Waals surface area contributed by atoms with E-state index in [1.165, 1.54) is 10.9 Å². The molecule has 0 N–H and O–H groups in total. The van der Waals surface area contributed by atoms with Crippen LogP contribution in [0.5, 0.6) is 11.5 Å². The van der Waals surface area contributed by atoms with E-state index in [1.807, 2.05) is 0 Å². The third kappa shape index (κ3) is 7.11. The van der Waals surface area contributed by atoms with Gasteiger partial charge in [-0.3, -0.25) is 0 Å². The van der Waals surface area contributed by atoms with Crippen molar-refractivity contribution in [1.29, 1.82) is 0 Å². The van der Waals surface area contributed by atoms with Crippen molar-refractivity contribution in [2.24, 2.45) is 0 Å². The van der Waals surface area contributed by atoms with E-state index in [2.05, 4.69) is 257 Å². The second-order valence-corrected chi connectivity index (χ2v) is 14.6. The van der Waals surface area contributed by atoms with Gasteiger partial charge in [0.25, 0.3) is 6.71 Å². The third-order valence-electron chi connectivity index (χ3n) is 10.9. The van der Waals surface area contributed by atoms with Crippen LogP contribution in [0.2, 0.25) is 0 Å². The minimum atomic E-state index is 0.0425. The minimum Gasteiger partial charge on any atom is -0.458 e. The monoisotopic (exact) mass is 757 g/mol. The lowest BCUT2D eigenvalue weighted by Gasteiger charge is -2.33. The summed E-state index contributed by atoms with van der Waals surface area (Å²) in [6.45, 7) is 0.0425. The number of rotatable bonds is 10. The zero-order valence-electron chi connectivity index (χ0n) is 32.4. The molecule has 0 saturated carbocycles. The molecule has 10 rings (SSSR count). The van der Waals surface area contributed by atoms with Crippen LogP contribution >= 0.6 is 0 Å². The highest BCUT2D eigenvalue weighted by Gasteiger charge is 2.33. The number of anilines is 9. The molecule has 59 heavy (non-hydrogen) atoms. The van der Waals surface area contributed by atoms with Gasteiger partial charge in [0.15, 0.2) is 0 Å². The Balaban J connectivity index is 1.21. The van der Waals surface area contributed by atoms with Crippen molar-refractivity contribution in [2.45, 2.75) is 0 Å². The minimum absolute atomic E-state index is 0.0425. The van der Waals surface area contributed by atoms with E-state index in [4.69, 9.17) is 4.74 Å². The predicted molar refractivity (Wildman–Crippen MR) is 248 cm³/mol. The first-order valence-corrected chi connectivity index (χ1v) is 20.0. The second kappa shape index (κ2) is 16.0. The van der Waals surface area contributed by atoms with Gasteiger partial charge in [-0.05, 0) is 102 Å². The Hall–Kier alpha value is -7.76. The number of para-hydroxylation sites is 6. The van der Waals surface area contributed by atoms with Gasteiger partial charge in [0.2, 0.25) is 0 Å². The molecule has 0 aliphatic carbocycles. The fourth-order valence-corrected chi connectivity index (χ4v) is 8.29. The lowest BCUT2D eigenvalue weighted by atomic mass is 9.36. The van der Waals surface area contributed by atoms with Gasteiger partial charge >= 0.3 is 0 Å². The van der Waals surface area contributed by atoms with Crippen molar-refractivity contribution in [3.05, 3.63) is 243 Å². The highest BCUT2D eigenvalue weighted by atomic mass is 16.5. The van der Waals surface area contributed by atoms with Crippen molar-refractivity contribution >= 4 is 74.3 Å². The molecule has 5 heteroatoms. The molecular formula is C54H40BN3O. The summed E-state index contributed by atoms with van der Waals surface area (Å²) in [5.74, 6) is 1.72. The Labute approximate surface area is 346 Å². The molecule has 0 spiro atoms. The predicted octanol–water partition coefficient (Wildman–Crippen LogP) is 12.7. The molecule has 9 aromatic rings. The topological polar surface area (TPSA) is 19.0 Å². The Morgan fingerprint density at radius 1 is 0.254 bits per heavy atom. The van der Waals surface area contributed by atoms with Crippen LogP contribution in [0.15, 0.2) is 243 Å². The van der Waals surface area contributed by atoms with E-state index in [9.17, 15) is 0 Å². The van der Waals surface area contributed by atoms with Gasteiger partial charge in [0, 0.05) is 40.2 Å². The maximum absolute atomic E-state index is 6.80. The SMILES string of the molecule is c1ccc(B2c3ccccc3Oc3cc(N(c4ccccc4)c4cc(N(c5ccccc5)c5ccccc5)cc(N(c5ccccc5)c5ccccc5)c4)ccc32)cc1. The summed E-state index contributed by atoms with van der Waals surface area (Å²) in [6, 6.07) is 85.8. The molecule has 0 unspecified atom stereocenters. The quantitative estimate of drug-likeness (QED) is 0.129. The number of hydrogen-bond donors (Lipinski definition) is 0. The molecule has 9 aromatic carbocycles. The lowest BCUT2D eigenvalue weighted by molar-refractivity contribution is 0.487. The fourth-order valence-electron chi connectivity index (χ4n) is 8.29. The van der Waals surface area contributed by atoms with E-state index >= 15 is 0 Å². The number of fused-ring (bicyclic) bond motifs is 2. The number of hydrogen-bond acceptors (Lipinski definition) is 4. The molecule has 0 fully saturated rings. The molecule has 280 valence electrons. The highest BCUT2D eigenvalue weighted by Crippen LogP contribution is 2.46. The molecule has 0 bridgehead atoms. The largest absolute Gasteiger partial charge is 0.458 e. The molecule has 1 heterocycles. The van der Waals surface area contributed by atoms with Crippen molar-refractivity contribution in [3.8, 4) is 11.5 Å². The van der Waals surface area contributed by atoms with Crippen molar-refractivity contribution < 1.29 is 4.74 Å². The van der Waals surface area contributed by atoms with Crippen LogP contribution in [-0.2, 0) is 0 Å². The van der Waals surface area contributed by atoms with E-state index in [-0.39, 0.29) is 6.71 Å². The first-order chi connectivity index (χ1) is 29.3. The first-order valence-electron chi connectivity index (χ1n) is 20.0. The smallest absolute Gasteiger partial charge is 0.250 e. The van der Waals surface area contributed by atoms with E-state index < -0.39 is 0 Å². The van der Waals surface area contributed by atoms with E-state index in [0.717, 1.165) is 68.1 Å². The summed E-state index contributed by atoms with van der Waals surface area (Å²) >= 11 is 0. The Bertz CT molecular complexity index is 2630. The van der Waals surface area contributed by atoms with Gasteiger partial charge in [0.1, 0.15) is 11.5 Å². The van der Waals surface area contributed by atoms with Crippen LogP contribution < -0.4 is 35.8 Å². The highest BCUT2D eigenvalue weighted by molar-refractivity contribution is 6.96. The first kappa shape index (κ1) is 35.6. The van der Waals surface area contributed by atoms with Crippen LogP contribution in [0.4, 0.5) is 51.2 Å². The van der Waals surface area contributed by atoms with Crippen LogP contribution in [0, 0.1) is 0 Å². The molecule has 0 atom stereocenters. The third-order valence-corrected chi connectivity index (χ3v) is 10.9. The molecule has 0 aromatic heterocycles. The molecular weight excluding hydrogens is 717 g/mol. The average molecular weight is 758 g/mol. The van der Waals surface area contributed by atoms with Gasteiger partial charge in [-0.25, -0.2) is 0 Å². The Morgan fingerprint density at radius 2 is 0.593 bits per heavy atom. The maximum Gasteiger partial charge on any atom is 0.250 e. The molecule has 0 radical (unpaired) electrons. The van der Waals surface area contributed by atoms with Gasteiger partial charge < -0.3 is 19.4 Å². The van der Waals surface area contributed by atoms with Crippen LogP contribution in [0.3, 0.4) is 0 Å². The van der Waals surface area contributed by atoms with Crippen molar-refractivity contribution in [2.75, 3.05) is 14.7 Å². The summed E-state index contributed by atoms with van der Waals surface area (Å²) in [7, 11) is 0. The van der Waals surface area contributed by atoms with E-state index in [0.29, 0.717) is 0 Å². The standard InChI is InChI=1S/C54H40BN3O/c1-7-21-41(22-8-1)55-51-33-19-20-34-53(51)59-54-40-47(35-36-52(54)55)58(46-31-17-6-18-32-46)50-38-48(56(42-23-9-2-10-24-42)43-25-11-3-12-26-43)37-49(39-50)57(44-27-13-4-14-28-44)45-29-15-5-16-30-45/h1-40H. The summed E-state index contributed by atoms with van der Waals surface area (Å²) in [5, 5.41) is 0. The van der Waals surface area contributed by atoms with Crippen LogP contribution in [-0.4, -0.2) is 6.71 Å². The molecule has 0 saturated heterocycles. The number of ether oxygens (including phenoxy) is 1. The lowest BCUT2D eigenvalue weighted by Crippen LogP contribution is -2.54. The molecule has 1 aliphatic rings. The second-order valence-electron chi connectivity index (χ2n) is 14.6. The molecule has 0 amide bonds. The van der Waals surface area contributed by atoms with Crippen LogP contribution in [0.1, 0.15) is 0 Å². The maximum atomic E-state index is 6.80. The van der Waals surface area contributed by atoms with Gasteiger partial charge in [-0.15, -0.1) is 0 Å². The average Bonchev–Trinajstić information content (AvgIpc) is 3.30. The van der Waals surface area contributed by atoms with Crippen LogP contribution in [0.25, 0.3) is 0 Å². The van der Waals surface area contributed by atoms with Crippen molar-refractivity contribution in [3.63, 3.8) is 0 Å². The Kier molecular flexibility index (Phi) is 9.67. The summed E-state index contributed by atoms with van der Waals surface area (Å²) in [5.41, 5.74) is 12.8. The number of nitrogens with zero attached hydrogens (tertiary/aromatic N) is 3. The molecule has 1 aliphatic heterocycles. The van der Waals surface area contributed by atoms with Crippen molar-refractivity contribution in [1.82, 2.24) is 0 Å².